The lowest BCUT2D eigenvalue weighted by atomic mass is 10.2. The van der Waals surface area contributed by atoms with Crippen molar-refractivity contribution in [1.82, 2.24) is 10.2 Å². The van der Waals surface area contributed by atoms with Gasteiger partial charge in [-0.3, -0.25) is 9.69 Å². The molecule has 0 aliphatic carbocycles. The van der Waals surface area contributed by atoms with E-state index in [1.165, 1.54) is 0 Å². The summed E-state index contributed by atoms with van der Waals surface area (Å²) in [6.07, 6.45) is 0. The van der Waals surface area contributed by atoms with Crippen molar-refractivity contribution in [3.05, 3.63) is 70.9 Å². The first-order valence-electron chi connectivity index (χ1n) is 9.49. The van der Waals surface area contributed by atoms with E-state index in [1.807, 2.05) is 66.5 Å². The van der Waals surface area contributed by atoms with Gasteiger partial charge in [-0.2, -0.15) is 0 Å². The van der Waals surface area contributed by atoms with E-state index in [-0.39, 0.29) is 12.5 Å². The highest BCUT2D eigenvalue weighted by Crippen LogP contribution is 2.28. The lowest BCUT2D eigenvalue weighted by molar-refractivity contribution is -0.122. The minimum Gasteiger partial charge on any atom is -0.493 e. The van der Waals surface area contributed by atoms with Crippen LogP contribution >= 0.6 is 11.6 Å². The molecule has 0 saturated heterocycles. The Morgan fingerprint density at radius 2 is 1.77 bits per heavy atom. The molecule has 1 heterocycles. The van der Waals surface area contributed by atoms with Crippen LogP contribution in [-0.2, 0) is 17.9 Å². The molecule has 6 nitrogen and oxygen atoms in total. The molecule has 2 aromatic carbocycles. The number of ether oxygens (including phenoxy) is 2. The van der Waals surface area contributed by atoms with Crippen LogP contribution in [0.5, 0.6) is 11.5 Å². The monoisotopic (exact) mass is 428 g/mol. The highest BCUT2D eigenvalue weighted by molar-refractivity contribution is 6.30. The van der Waals surface area contributed by atoms with Crippen molar-refractivity contribution in [2.45, 2.75) is 13.1 Å². The third-order valence-electron chi connectivity index (χ3n) is 4.56. The summed E-state index contributed by atoms with van der Waals surface area (Å²) >= 11 is 5.92. The molecule has 0 fully saturated rings. The standard InChI is InChI=1S/C23H25ClN2O4/c1-26(14-16-4-10-21(28-2)22(12-16)29-3)15-23(27)25-13-19-9-11-20(30-19)17-5-7-18(24)8-6-17/h4-12H,13-15H2,1-3H3,(H,25,27). The second-order valence-corrected chi connectivity index (χ2v) is 7.35. The van der Waals surface area contributed by atoms with Crippen molar-refractivity contribution in [1.29, 1.82) is 0 Å². The average Bonchev–Trinajstić information content (AvgIpc) is 3.21. The first-order chi connectivity index (χ1) is 14.5. The van der Waals surface area contributed by atoms with Crippen molar-refractivity contribution in [3.8, 4) is 22.8 Å². The van der Waals surface area contributed by atoms with Crippen LogP contribution in [0.25, 0.3) is 11.3 Å². The van der Waals surface area contributed by atoms with Crippen molar-refractivity contribution in [2.75, 3.05) is 27.8 Å². The van der Waals surface area contributed by atoms with E-state index in [0.717, 1.165) is 16.9 Å². The molecular weight excluding hydrogens is 404 g/mol. The van der Waals surface area contributed by atoms with Crippen LogP contribution in [0.1, 0.15) is 11.3 Å². The fourth-order valence-electron chi connectivity index (χ4n) is 3.08. The Balaban J connectivity index is 1.49. The molecule has 0 unspecified atom stereocenters. The quantitative estimate of drug-likeness (QED) is 0.548. The van der Waals surface area contributed by atoms with Crippen molar-refractivity contribution in [3.63, 3.8) is 0 Å². The Morgan fingerprint density at radius 1 is 1.03 bits per heavy atom. The lowest BCUT2D eigenvalue weighted by Gasteiger charge is -2.17. The Kier molecular flexibility index (Phi) is 7.38. The number of furan rings is 1. The first kappa shape index (κ1) is 21.7. The van der Waals surface area contributed by atoms with Gasteiger partial charge in [-0.15, -0.1) is 0 Å². The zero-order valence-corrected chi connectivity index (χ0v) is 18.0. The largest absolute Gasteiger partial charge is 0.493 e. The number of nitrogens with zero attached hydrogens (tertiary/aromatic N) is 1. The Bertz CT molecular complexity index is 985. The zero-order chi connectivity index (χ0) is 21.5. The maximum absolute atomic E-state index is 12.3. The molecule has 0 spiro atoms. The van der Waals surface area contributed by atoms with Gasteiger partial charge in [0.05, 0.1) is 27.3 Å². The summed E-state index contributed by atoms with van der Waals surface area (Å²) in [5.41, 5.74) is 1.97. The van der Waals surface area contributed by atoms with E-state index >= 15 is 0 Å². The number of hydrogen-bond donors (Lipinski definition) is 1. The second-order valence-electron chi connectivity index (χ2n) is 6.91. The number of carbonyl (C=O) groups excluding carboxylic acids is 1. The van der Waals surface area contributed by atoms with Crippen LogP contribution < -0.4 is 14.8 Å². The maximum Gasteiger partial charge on any atom is 0.234 e. The molecule has 3 aromatic rings. The average molecular weight is 429 g/mol. The van der Waals surface area contributed by atoms with Gasteiger partial charge in [-0.25, -0.2) is 0 Å². The summed E-state index contributed by atoms with van der Waals surface area (Å²) < 4.78 is 16.4. The number of nitrogens with one attached hydrogen (secondary N) is 1. The minimum absolute atomic E-state index is 0.0811. The van der Waals surface area contributed by atoms with E-state index in [1.54, 1.807) is 14.2 Å². The molecule has 1 amide bonds. The second kappa shape index (κ2) is 10.2. The SMILES string of the molecule is COc1ccc(CN(C)CC(=O)NCc2ccc(-c3ccc(Cl)cc3)o2)cc1OC. The molecule has 0 atom stereocenters. The molecule has 7 heteroatoms. The maximum atomic E-state index is 12.3. The van der Waals surface area contributed by atoms with Crippen molar-refractivity contribution >= 4 is 17.5 Å². The van der Waals surface area contributed by atoms with Crippen LogP contribution in [-0.4, -0.2) is 38.6 Å². The highest BCUT2D eigenvalue weighted by Gasteiger charge is 2.11. The molecule has 158 valence electrons. The van der Waals surface area contributed by atoms with Gasteiger partial charge in [-0.1, -0.05) is 17.7 Å². The minimum atomic E-state index is -0.0811. The van der Waals surface area contributed by atoms with E-state index in [4.69, 9.17) is 25.5 Å². The van der Waals surface area contributed by atoms with E-state index in [9.17, 15) is 4.79 Å². The van der Waals surface area contributed by atoms with Gasteiger partial charge in [0.2, 0.25) is 5.91 Å². The molecule has 0 aliphatic heterocycles. The van der Waals surface area contributed by atoms with Crippen molar-refractivity contribution in [2.24, 2.45) is 0 Å². The molecule has 30 heavy (non-hydrogen) atoms. The Labute approximate surface area is 181 Å². The van der Waals surface area contributed by atoms with Gasteiger partial charge in [0.25, 0.3) is 0 Å². The highest BCUT2D eigenvalue weighted by atomic mass is 35.5. The molecule has 0 saturated carbocycles. The van der Waals surface area contributed by atoms with Crippen LogP contribution in [0, 0.1) is 0 Å². The summed E-state index contributed by atoms with van der Waals surface area (Å²) in [4.78, 5) is 14.2. The zero-order valence-electron chi connectivity index (χ0n) is 17.3. The molecule has 1 aromatic heterocycles. The van der Waals surface area contributed by atoms with E-state index in [2.05, 4.69) is 5.32 Å². The summed E-state index contributed by atoms with van der Waals surface area (Å²) in [7, 11) is 5.10. The fourth-order valence-corrected chi connectivity index (χ4v) is 3.20. The van der Waals surface area contributed by atoms with E-state index < -0.39 is 0 Å². The molecule has 3 rings (SSSR count). The first-order valence-corrected chi connectivity index (χ1v) is 9.87. The van der Waals surface area contributed by atoms with Gasteiger partial charge in [0, 0.05) is 17.1 Å². The van der Waals surface area contributed by atoms with Gasteiger partial charge in [0.15, 0.2) is 11.5 Å². The van der Waals surface area contributed by atoms with Crippen LogP contribution in [0.3, 0.4) is 0 Å². The number of methoxy groups -OCH3 is 2. The van der Waals surface area contributed by atoms with Crippen LogP contribution in [0.4, 0.5) is 0 Å². The summed E-state index contributed by atoms with van der Waals surface area (Å²) in [6.45, 7) is 1.20. The Morgan fingerprint density at radius 3 is 2.47 bits per heavy atom. The number of carbonyl (C=O) groups is 1. The summed E-state index contributed by atoms with van der Waals surface area (Å²) in [6, 6.07) is 16.9. The summed E-state index contributed by atoms with van der Waals surface area (Å²) in [5, 5.41) is 3.57. The van der Waals surface area contributed by atoms with Gasteiger partial charge in [0.1, 0.15) is 11.5 Å². The van der Waals surface area contributed by atoms with Gasteiger partial charge < -0.3 is 19.2 Å². The normalized spacial score (nSPS) is 10.8. The van der Waals surface area contributed by atoms with Gasteiger partial charge in [-0.05, 0) is 61.1 Å². The van der Waals surface area contributed by atoms with Gasteiger partial charge >= 0.3 is 0 Å². The number of halogens is 1. The smallest absolute Gasteiger partial charge is 0.234 e. The molecule has 0 bridgehead atoms. The molecule has 1 N–H and O–H groups in total. The van der Waals surface area contributed by atoms with Crippen LogP contribution in [0.15, 0.2) is 59.0 Å². The molecule has 0 aliphatic rings. The number of benzene rings is 2. The third kappa shape index (κ3) is 5.78. The number of likely N-dealkylation sites (N-methyl/N-ethyl adjacent to an activating group) is 1. The fraction of sp³-hybridized carbons (Fsp3) is 0.261. The predicted molar refractivity (Wildman–Crippen MR) is 117 cm³/mol. The summed E-state index contributed by atoms with van der Waals surface area (Å²) in [5.74, 6) is 2.69. The molecule has 0 radical (unpaired) electrons. The van der Waals surface area contributed by atoms with Crippen LogP contribution in [0.2, 0.25) is 5.02 Å². The number of rotatable bonds is 9. The number of hydrogen-bond acceptors (Lipinski definition) is 5. The molecular formula is C23H25ClN2O4. The lowest BCUT2D eigenvalue weighted by Crippen LogP contribution is -2.34. The third-order valence-corrected chi connectivity index (χ3v) is 4.82. The Hall–Kier alpha value is -2.96. The predicted octanol–water partition coefficient (Wildman–Crippen LogP) is 4.37. The number of amides is 1. The van der Waals surface area contributed by atoms with E-state index in [0.29, 0.717) is 35.4 Å². The van der Waals surface area contributed by atoms with Crippen molar-refractivity contribution < 1.29 is 18.7 Å². The topological polar surface area (TPSA) is 63.9 Å².